The van der Waals surface area contributed by atoms with E-state index in [4.69, 9.17) is 9.26 Å². The van der Waals surface area contributed by atoms with E-state index in [-0.39, 0.29) is 6.04 Å². The van der Waals surface area contributed by atoms with Gasteiger partial charge in [-0.25, -0.2) is 4.98 Å². The molecule has 8 nitrogen and oxygen atoms in total. The quantitative estimate of drug-likeness (QED) is 0.528. The van der Waals surface area contributed by atoms with Gasteiger partial charge >= 0.3 is 0 Å². The highest BCUT2D eigenvalue weighted by molar-refractivity contribution is 5.60. The molecule has 0 bridgehead atoms. The van der Waals surface area contributed by atoms with Gasteiger partial charge in [-0.2, -0.15) is 10.1 Å². The lowest BCUT2D eigenvalue weighted by molar-refractivity contribution is 0.415. The normalized spacial score (nSPS) is 11.9. The largest absolute Gasteiger partial charge is 0.497 e. The number of pyridine rings is 1. The summed E-state index contributed by atoms with van der Waals surface area (Å²) in [6.07, 6.45) is 5.42. The number of hydrogen-bond donors (Lipinski definition) is 1. The van der Waals surface area contributed by atoms with Crippen molar-refractivity contribution in [3.8, 4) is 28.6 Å². The molecule has 8 heteroatoms. The summed E-state index contributed by atoms with van der Waals surface area (Å²) >= 11 is 0. The Labute approximate surface area is 162 Å². The lowest BCUT2D eigenvalue weighted by Crippen LogP contribution is -2.22. The Morgan fingerprint density at radius 3 is 2.64 bits per heavy atom. The van der Waals surface area contributed by atoms with Crippen molar-refractivity contribution in [3.63, 3.8) is 0 Å². The number of nitrogens with one attached hydrogen (secondary N) is 1. The van der Waals surface area contributed by atoms with E-state index in [1.807, 2.05) is 53.3 Å². The molecule has 0 aliphatic carbocycles. The third kappa shape index (κ3) is 4.01. The van der Waals surface area contributed by atoms with E-state index in [0.717, 1.165) is 29.2 Å². The van der Waals surface area contributed by atoms with Crippen molar-refractivity contribution in [3.05, 3.63) is 61.1 Å². The lowest BCUT2D eigenvalue weighted by Gasteiger charge is -2.14. The molecule has 3 aromatic heterocycles. The molecule has 4 aromatic rings. The zero-order valence-electron chi connectivity index (χ0n) is 15.6. The summed E-state index contributed by atoms with van der Waals surface area (Å²) < 4.78 is 12.4. The predicted molar refractivity (Wildman–Crippen MR) is 105 cm³/mol. The van der Waals surface area contributed by atoms with Gasteiger partial charge in [0.15, 0.2) is 0 Å². The maximum absolute atomic E-state index is 5.39. The topological polar surface area (TPSA) is 90.9 Å². The first-order chi connectivity index (χ1) is 13.7. The molecular formula is C20H20N6O2. The molecule has 0 fully saturated rings. The minimum atomic E-state index is 0.184. The molecule has 0 saturated heterocycles. The van der Waals surface area contributed by atoms with Gasteiger partial charge in [0.05, 0.1) is 19.2 Å². The Hall–Kier alpha value is -3.68. The Morgan fingerprint density at radius 2 is 1.96 bits per heavy atom. The van der Waals surface area contributed by atoms with Gasteiger partial charge in [0, 0.05) is 30.2 Å². The second-order valence-corrected chi connectivity index (χ2v) is 6.36. The molecule has 0 amide bonds. The number of hydrogen-bond acceptors (Lipinski definition) is 7. The molecule has 1 atom stereocenters. The van der Waals surface area contributed by atoms with Crippen molar-refractivity contribution < 1.29 is 9.26 Å². The summed E-state index contributed by atoms with van der Waals surface area (Å²) in [5, 5.41) is 11.6. The van der Waals surface area contributed by atoms with Gasteiger partial charge in [-0.3, -0.25) is 4.68 Å². The van der Waals surface area contributed by atoms with Gasteiger partial charge in [-0.15, -0.1) is 0 Å². The zero-order valence-corrected chi connectivity index (χ0v) is 15.6. The van der Waals surface area contributed by atoms with Crippen LogP contribution >= 0.6 is 0 Å². The monoisotopic (exact) mass is 376 g/mol. The number of rotatable bonds is 7. The van der Waals surface area contributed by atoms with Gasteiger partial charge in [-0.1, -0.05) is 5.16 Å². The van der Waals surface area contributed by atoms with Crippen LogP contribution in [0.15, 0.2) is 65.6 Å². The van der Waals surface area contributed by atoms with Crippen LogP contribution < -0.4 is 10.1 Å². The lowest BCUT2D eigenvalue weighted by atomic mass is 10.2. The van der Waals surface area contributed by atoms with Crippen LogP contribution in [-0.4, -0.2) is 38.1 Å². The highest BCUT2D eigenvalue weighted by Gasteiger charge is 2.12. The SMILES string of the molecule is COc1ccc(-c2noc(-c3ccc(NC(C)Cn4cccn4)nc3)n2)cc1. The van der Waals surface area contributed by atoms with E-state index < -0.39 is 0 Å². The zero-order chi connectivity index (χ0) is 19.3. The van der Waals surface area contributed by atoms with Crippen molar-refractivity contribution in [2.75, 3.05) is 12.4 Å². The summed E-state index contributed by atoms with van der Waals surface area (Å²) in [5.74, 6) is 2.50. The Bertz CT molecular complexity index is 1010. The molecule has 142 valence electrons. The van der Waals surface area contributed by atoms with Crippen LogP contribution in [0.1, 0.15) is 6.92 Å². The second kappa shape index (κ2) is 7.91. The molecule has 3 heterocycles. The first-order valence-electron chi connectivity index (χ1n) is 8.90. The van der Waals surface area contributed by atoms with Gasteiger partial charge in [0.2, 0.25) is 5.82 Å². The summed E-state index contributed by atoms with van der Waals surface area (Å²) in [7, 11) is 1.63. The van der Waals surface area contributed by atoms with Crippen LogP contribution in [0.2, 0.25) is 0 Å². The molecule has 0 saturated carbocycles. The summed E-state index contributed by atoms with van der Waals surface area (Å²) in [4.78, 5) is 8.90. The summed E-state index contributed by atoms with van der Waals surface area (Å²) in [6, 6.07) is 13.4. The number of benzene rings is 1. The van der Waals surface area contributed by atoms with E-state index in [1.165, 1.54) is 0 Å². The molecule has 28 heavy (non-hydrogen) atoms. The summed E-state index contributed by atoms with van der Waals surface area (Å²) in [6.45, 7) is 2.84. The van der Waals surface area contributed by atoms with E-state index in [2.05, 4.69) is 32.5 Å². The van der Waals surface area contributed by atoms with Crippen molar-refractivity contribution in [1.82, 2.24) is 24.9 Å². The van der Waals surface area contributed by atoms with E-state index >= 15 is 0 Å². The minimum absolute atomic E-state index is 0.184. The first-order valence-corrected chi connectivity index (χ1v) is 8.90. The van der Waals surface area contributed by atoms with Gasteiger partial charge in [-0.05, 0) is 49.4 Å². The number of aromatic nitrogens is 5. The summed E-state index contributed by atoms with van der Waals surface area (Å²) in [5.41, 5.74) is 1.62. The number of ether oxygens (including phenoxy) is 1. The molecule has 0 spiro atoms. The maximum atomic E-state index is 5.39. The Balaban J connectivity index is 1.43. The van der Waals surface area contributed by atoms with Crippen LogP contribution in [0, 0.1) is 0 Å². The molecule has 0 aliphatic heterocycles. The van der Waals surface area contributed by atoms with Crippen LogP contribution in [0.4, 0.5) is 5.82 Å². The van der Waals surface area contributed by atoms with Crippen molar-refractivity contribution >= 4 is 5.82 Å². The highest BCUT2D eigenvalue weighted by Crippen LogP contribution is 2.24. The standard InChI is InChI=1S/C20H20N6O2/c1-14(13-26-11-3-10-22-26)23-18-9-6-16(12-21-18)20-24-19(25-28-20)15-4-7-17(27-2)8-5-15/h3-12,14H,13H2,1-2H3,(H,21,23). The first kappa shape index (κ1) is 17.7. The molecule has 1 aromatic carbocycles. The predicted octanol–water partition coefficient (Wildman–Crippen LogP) is 3.50. The minimum Gasteiger partial charge on any atom is -0.497 e. The fourth-order valence-corrected chi connectivity index (χ4v) is 2.79. The van der Waals surface area contributed by atoms with Gasteiger partial charge in [0.25, 0.3) is 5.89 Å². The molecular weight excluding hydrogens is 356 g/mol. The Morgan fingerprint density at radius 1 is 1.14 bits per heavy atom. The smallest absolute Gasteiger partial charge is 0.259 e. The van der Waals surface area contributed by atoms with E-state index in [9.17, 15) is 0 Å². The van der Waals surface area contributed by atoms with E-state index in [1.54, 1.807) is 19.5 Å². The molecule has 0 radical (unpaired) electrons. The van der Waals surface area contributed by atoms with Crippen LogP contribution in [0.25, 0.3) is 22.8 Å². The van der Waals surface area contributed by atoms with Crippen LogP contribution in [-0.2, 0) is 6.54 Å². The fourth-order valence-electron chi connectivity index (χ4n) is 2.79. The third-order valence-electron chi connectivity index (χ3n) is 4.20. The second-order valence-electron chi connectivity index (χ2n) is 6.36. The molecule has 1 unspecified atom stereocenters. The van der Waals surface area contributed by atoms with Crippen LogP contribution in [0.5, 0.6) is 5.75 Å². The molecule has 4 rings (SSSR count). The fraction of sp³-hybridized carbons (Fsp3) is 0.200. The third-order valence-corrected chi connectivity index (χ3v) is 4.20. The van der Waals surface area contributed by atoms with Crippen molar-refractivity contribution in [2.24, 2.45) is 0 Å². The van der Waals surface area contributed by atoms with Crippen molar-refractivity contribution in [1.29, 1.82) is 0 Å². The molecule has 1 N–H and O–H groups in total. The van der Waals surface area contributed by atoms with Gasteiger partial charge in [0.1, 0.15) is 11.6 Å². The highest BCUT2D eigenvalue weighted by atomic mass is 16.5. The van der Waals surface area contributed by atoms with E-state index in [0.29, 0.717) is 11.7 Å². The average molecular weight is 376 g/mol. The average Bonchev–Trinajstić information content (AvgIpc) is 3.41. The Kier molecular flexibility index (Phi) is 5.01. The molecule has 0 aliphatic rings. The number of anilines is 1. The van der Waals surface area contributed by atoms with Crippen LogP contribution in [0.3, 0.4) is 0 Å². The van der Waals surface area contributed by atoms with Crippen molar-refractivity contribution in [2.45, 2.75) is 19.5 Å². The maximum Gasteiger partial charge on any atom is 0.259 e. The van der Waals surface area contributed by atoms with Gasteiger partial charge < -0.3 is 14.6 Å². The number of methoxy groups -OCH3 is 1. The number of nitrogens with zero attached hydrogens (tertiary/aromatic N) is 5.